The van der Waals surface area contributed by atoms with Gasteiger partial charge in [0.2, 0.25) is 5.95 Å². The van der Waals surface area contributed by atoms with Crippen molar-refractivity contribution in [3.63, 3.8) is 0 Å². The molecule has 3 aromatic rings. The number of aryl methyl sites for hydroxylation is 1. The molecule has 0 fully saturated rings. The number of halogens is 1. The third-order valence-corrected chi connectivity index (χ3v) is 6.15. The number of carbonyl (C=O) groups excluding carboxylic acids is 1. The van der Waals surface area contributed by atoms with E-state index < -0.39 is 11.5 Å². The van der Waals surface area contributed by atoms with Crippen LogP contribution in [0.5, 0.6) is 0 Å². The average Bonchev–Trinajstić information content (AvgIpc) is 3.28. The first kappa shape index (κ1) is 19.3. The molecular weight excluding hydrogens is 387 g/mol. The third-order valence-electron chi connectivity index (χ3n) is 5.16. The molecule has 1 aliphatic heterocycles. The van der Waals surface area contributed by atoms with E-state index in [2.05, 4.69) is 16.9 Å². The topological polar surface area (TPSA) is 71.6 Å². The molecule has 0 saturated heterocycles. The molecule has 1 amide bonds. The molecule has 1 atom stereocenters. The zero-order valence-electron chi connectivity index (χ0n) is 16.2. The summed E-state index contributed by atoms with van der Waals surface area (Å²) in [5.41, 5.74) is 7.22. The molecular formula is C22H21FN4OS. The van der Waals surface area contributed by atoms with Gasteiger partial charge in [0.15, 0.2) is 11.5 Å². The number of thiophene rings is 1. The predicted octanol–water partition coefficient (Wildman–Crippen LogP) is 3.93. The van der Waals surface area contributed by atoms with Gasteiger partial charge in [0.1, 0.15) is 0 Å². The first-order valence-electron chi connectivity index (χ1n) is 9.40. The molecule has 7 heteroatoms. The summed E-state index contributed by atoms with van der Waals surface area (Å²) >= 11 is 1.61. The fourth-order valence-electron chi connectivity index (χ4n) is 3.65. The van der Waals surface area contributed by atoms with Crippen LogP contribution in [-0.4, -0.2) is 28.8 Å². The maximum atomic E-state index is 14.3. The minimum Gasteiger partial charge on any atom is -0.369 e. The van der Waals surface area contributed by atoms with Crippen LogP contribution >= 0.6 is 11.3 Å². The van der Waals surface area contributed by atoms with Crippen molar-refractivity contribution in [2.45, 2.75) is 25.3 Å². The Morgan fingerprint density at radius 3 is 2.72 bits per heavy atom. The molecule has 1 aromatic carbocycles. The molecule has 0 saturated carbocycles. The van der Waals surface area contributed by atoms with Crippen LogP contribution in [0.15, 0.2) is 59.0 Å². The molecule has 2 N–H and O–H groups in total. The second-order valence-corrected chi connectivity index (χ2v) is 8.01. The number of amides is 1. The number of guanidine groups is 1. The van der Waals surface area contributed by atoms with Crippen LogP contribution in [0.3, 0.4) is 0 Å². The Balaban J connectivity index is 1.91. The van der Waals surface area contributed by atoms with E-state index in [1.165, 1.54) is 16.0 Å². The van der Waals surface area contributed by atoms with Crippen molar-refractivity contribution >= 4 is 23.2 Å². The summed E-state index contributed by atoms with van der Waals surface area (Å²) in [6.07, 6.45) is 3.36. The number of nitrogens with two attached hydrogens (primary N) is 1. The fraction of sp³-hybridized carbons (Fsp3) is 0.227. The van der Waals surface area contributed by atoms with E-state index in [1.807, 2.05) is 17.5 Å². The number of nitrogens with zero attached hydrogens (tertiary/aromatic N) is 3. The third kappa shape index (κ3) is 3.11. The Hall–Kier alpha value is -3.06. The molecule has 0 aliphatic carbocycles. The molecule has 1 aliphatic rings. The van der Waals surface area contributed by atoms with Gasteiger partial charge in [-0.15, -0.1) is 11.3 Å². The molecule has 0 radical (unpaired) electrons. The Kier molecular flexibility index (Phi) is 4.92. The highest BCUT2D eigenvalue weighted by molar-refractivity contribution is 7.10. The maximum absolute atomic E-state index is 14.3. The summed E-state index contributed by atoms with van der Waals surface area (Å²) in [5, 5.41) is 1.97. The first-order valence-corrected chi connectivity index (χ1v) is 10.3. The smallest absolute Gasteiger partial charge is 0.266 e. The van der Waals surface area contributed by atoms with Gasteiger partial charge in [-0.3, -0.25) is 9.69 Å². The maximum Gasteiger partial charge on any atom is 0.266 e. The van der Waals surface area contributed by atoms with Gasteiger partial charge in [-0.2, -0.15) is 4.39 Å². The highest BCUT2D eigenvalue weighted by Crippen LogP contribution is 2.42. The minimum absolute atomic E-state index is 0.163. The van der Waals surface area contributed by atoms with Gasteiger partial charge < -0.3 is 5.73 Å². The lowest BCUT2D eigenvalue weighted by Gasteiger charge is -2.25. The van der Waals surface area contributed by atoms with Crippen molar-refractivity contribution in [1.82, 2.24) is 9.88 Å². The second kappa shape index (κ2) is 7.40. The summed E-state index contributed by atoms with van der Waals surface area (Å²) in [6.45, 7) is 2.12. The van der Waals surface area contributed by atoms with Gasteiger partial charge in [0.25, 0.3) is 5.91 Å². The van der Waals surface area contributed by atoms with Crippen LogP contribution < -0.4 is 5.73 Å². The number of pyridine rings is 1. The quantitative estimate of drug-likeness (QED) is 0.650. The van der Waals surface area contributed by atoms with Crippen LogP contribution in [-0.2, 0) is 16.8 Å². The van der Waals surface area contributed by atoms with E-state index in [1.54, 1.807) is 48.7 Å². The highest BCUT2D eigenvalue weighted by Gasteiger charge is 2.50. The highest BCUT2D eigenvalue weighted by atomic mass is 32.1. The van der Waals surface area contributed by atoms with E-state index in [0.717, 1.165) is 18.4 Å². The van der Waals surface area contributed by atoms with E-state index >= 15 is 0 Å². The van der Waals surface area contributed by atoms with Crippen LogP contribution in [0.2, 0.25) is 0 Å². The molecule has 29 heavy (non-hydrogen) atoms. The summed E-state index contributed by atoms with van der Waals surface area (Å²) < 4.78 is 14.3. The largest absolute Gasteiger partial charge is 0.369 e. The van der Waals surface area contributed by atoms with Crippen molar-refractivity contribution in [3.8, 4) is 11.1 Å². The van der Waals surface area contributed by atoms with Gasteiger partial charge in [0.05, 0.1) is 0 Å². The normalized spacial score (nSPS) is 18.9. The number of benzene rings is 1. The number of likely N-dealkylation sites (N-methyl/N-ethyl adjacent to an activating group) is 1. The van der Waals surface area contributed by atoms with Crippen molar-refractivity contribution in [1.29, 1.82) is 0 Å². The molecule has 5 nitrogen and oxygen atoms in total. The Morgan fingerprint density at radius 2 is 2.03 bits per heavy atom. The van der Waals surface area contributed by atoms with Gasteiger partial charge >= 0.3 is 0 Å². The standard InChI is InChI=1S/C22H21FN4OS/c1-3-6-17-12-16(13-29-17)22(20(28)27(2)21(24)26-22)15-8-4-7-14(11-15)18-9-5-10-25-19(18)23/h4-5,7-13H,3,6H2,1-2H3,(H2,24,26). The Morgan fingerprint density at radius 1 is 1.21 bits per heavy atom. The molecule has 3 heterocycles. The van der Waals surface area contributed by atoms with Crippen molar-refractivity contribution < 1.29 is 9.18 Å². The number of hydrogen-bond donors (Lipinski definition) is 1. The van der Waals surface area contributed by atoms with E-state index in [9.17, 15) is 9.18 Å². The summed E-state index contributed by atoms with van der Waals surface area (Å²) in [4.78, 5) is 24.3. The fourth-order valence-corrected chi connectivity index (χ4v) is 4.68. The number of aliphatic imine (C=N–C) groups is 1. The molecule has 2 aromatic heterocycles. The van der Waals surface area contributed by atoms with Crippen LogP contribution in [0, 0.1) is 5.95 Å². The van der Waals surface area contributed by atoms with E-state index in [-0.39, 0.29) is 11.9 Å². The van der Waals surface area contributed by atoms with E-state index in [0.29, 0.717) is 16.7 Å². The SMILES string of the molecule is CCCc1cc(C2(c3cccc(-c4cccnc4F)c3)N=C(N)N(C)C2=O)cs1. The molecule has 1 unspecified atom stereocenters. The number of aromatic nitrogens is 1. The average molecular weight is 409 g/mol. The first-order chi connectivity index (χ1) is 14.0. The number of carbonyl (C=O) groups is 1. The minimum atomic E-state index is -1.27. The van der Waals surface area contributed by atoms with E-state index in [4.69, 9.17) is 5.73 Å². The zero-order valence-corrected chi connectivity index (χ0v) is 17.0. The molecule has 0 spiro atoms. The Bertz CT molecular complexity index is 1110. The lowest BCUT2D eigenvalue weighted by molar-refractivity contribution is -0.129. The lowest BCUT2D eigenvalue weighted by Crippen LogP contribution is -2.41. The monoisotopic (exact) mass is 408 g/mol. The van der Waals surface area contributed by atoms with Crippen molar-refractivity contribution in [2.24, 2.45) is 10.7 Å². The van der Waals surface area contributed by atoms with Crippen molar-refractivity contribution in [2.75, 3.05) is 7.05 Å². The summed E-state index contributed by atoms with van der Waals surface area (Å²) in [5.74, 6) is -0.617. The number of rotatable bonds is 5. The van der Waals surface area contributed by atoms with Crippen LogP contribution in [0.25, 0.3) is 11.1 Å². The van der Waals surface area contributed by atoms with Gasteiger partial charge in [-0.05, 0) is 47.2 Å². The van der Waals surface area contributed by atoms with Crippen molar-refractivity contribution in [3.05, 3.63) is 76.0 Å². The Labute approximate surface area is 172 Å². The van der Waals surface area contributed by atoms with Gasteiger partial charge in [0, 0.05) is 29.2 Å². The number of hydrogen-bond acceptors (Lipinski definition) is 5. The molecule has 0 bridgehead atoms. The predicted molar refractivity (Wildman–Crippen MR) is 113 cm³/mol. The molecule has 148 valence electrons. The van der Waals surface area contributed by atoms with Crippen LogP contribution in [0.1, 0.15) is 29.3 Å². The van der Waals surface area contributed by atoms with Gasteiger partial charge in [-0.1, -0.05) is 31.5 Å². The second-order valence-electron chi connectivity index (χ2n) is 7.02. The summed E-state index contributed by atoms with van der Waals surface area (Å²) in [6, 6.07) is 12.6. The molecule has 4 rings (SSSR count). The lowest BCUT2D eigenvalue weighted by atomic mass is 9.83. The van der Waals surface area contributed by atoms with Crippen LogP contribution in [0.4, 0.5) is 4.39 Å². The zero-order chi connectivity index (χ0) is 20.6. The summed E-state index contributed by atoms with van der Waals surface area (Å²) in [7, 11) is 1.62. The van der Waals surface area contributed by atoms with Gasteiger partial charge in [-0.25, -0.2) is 9.98 Å².